The van der Waals surface area contributed by atoms with Crippen molar-refractivity contribution in [2.45, 2.75) is 30.7 Å². The number of alkyl halides is 1. The van der Waals surface area contributed by atoms with Crippen molar-refractivity contribution < 1.29 is 14.3 Å². The molecule has 2 rings (SSSR count). The number of nitrogens with one attached hydrogen (secondary N) is 1. The molecule has 1 saturated carbocycles. The molecule has 18 heavy (non-hydrogen) atoms. The maximum Gasteiger partial charge on any atom is 0.339 e. The quantitative estimate of drug-likeness (QED) is 0.683. The molecule has 1 aromatic rings. The average molecular weight is 313 g/mol. The fourth-order valence-corrected chi connectivity index (χ4v) is 1.33. The lowest BCUT2D eigenvalue weighted by atomic mass is 10.3. The molecule has 1 aromatic heterocycles. The van der Waals surface area contributed by atoms with Gasteiger partial charge in [-0.15, -0.1) is 0 Å². The fraction of sp³-hybridized carbons (Fsp3) is 0.417. The Morgan fingerprint density at radius 3 is 2.72 bits per heavy atom. The zero-order valence-electron chi connectivity index (χ0n) is 9.85. The normalized spacial score (nSPS) is 15.9. The highest BCUT2D eigenvalue weighted by atomic mass is 79.9. The minimum atomic E-state index is -0.364. The molecule has 6 heteroatoms. The highest BCUT2D eigenvalue weighted by Crippen LogP contribution is 2.24. The molecule has 0 spiro atoms. The number of amides is 1. The van der Waals surface area contributed by atoms with Gasteiger partial charge in [0.05, 0.1) is 10.4 Å². The minimum absolute atomic E-state index is 0.0751. The molecular weight excluding hydrogens is 300 g/mol. The molecule has 96 valence electrons. The van der Waals surface area contributed by atoms with E-state index in [1.807, 2.05) is 0 Å². The van der Waals surface area contributed by atoms with Gasteiger partial charge in [0, 0.05) is 6.20 Å². The Hall–Kier alpha value is -1.43. The number of carbonyl (C=O) groups excluding carboxylic acids is 2. The molecule has 1 N–H and O–H groups in total. The molecular formula is C12H13BrN2O3. The molecule has 1 aliphatic carbocycles. The Balaban J connectivity index is 1.96. The highest BCUT2D eigenvalue weighted by Gasteiger charge is 2.26. The van der Waals surface area contributed by atoms with Gasteiger partial charge < -0.3 is 10.1 Å². The summed E-state index contributed by atoms with van der Waals surface area (Å²) >= 11 is 3.16. The van der Waals surface area contributed by atoms with Crippen LogP contribution in [0.2, 0.25) is 0 Å². The smallest absolute Gasteiger partial charge is 0.339 e. The zero-order valence-corrected chi connectivity index (χ0v) is 11.4. The summed E-state index contributed by atoms with van der Waals surface area (Å²) in [6, 6.07) is 3.17. The predicted octanol–water partition coefficient (Wildman–Crippen LogP) is 2.12. The van der Waals surface area contributed by atoms with E-state index in [2.05, 4.69) is 26.2 Å². The summed E-state index contributed by atoms with van der Waals surface area (Å²) in [6.45, 7) is 1.72. The molecule has 0 bridgehead atoms. The van der Waals surface area contributed by atoms with Gasteiger partial charge in [-0.25, -0.2) is 9.78 Å². The first-order chi connectivity index (χ1) is 8.56. The van der Waals surface area contributed by atoms with Gasteiger partial charge in [-0.2, -0.15) is 0 Å². The number of carbonyl (C=O) groups is 2. The fourth-order valence-electron chi connectivity index (χ4n) is 1.22. The van der Waals surface area contributed by atoms with Gasteiger partial charge in [-0.3, -0.25) is 4.79 Å². The van der Waals surface area contributed by atoms with Crippen LogP contribution in [0, 0.1) is 0 Å². The van der Waals surface area contributed by atoms with E-state index in [1.165, 1.54) is 6.20 Å². The van der Waals surface area contributed by atoms with E-state index >= 15 is 0 Å². The number of anilines is 1. The Labute approximate surface area is 113 Å². The summed E-state index contributed by atoms with van der Waals surface area (Å²) in [5, 5.41) is 2.61. The molecule has 1 amide bonds. The van der Waals surface area contributed by atoms with Crippen molar-refractivity contribution in [1.29, 1.82) is 0 Å². The van der Waals surface area contributed by atoms with Crippen molar-refractivity contribution >= 4 is 33.6 Å². The van der Waals surface area contributed by atoms with Crippen LogP contribution in [0.25, 0.3) is 0 Å². The van der Waals surface area contributed by atoms with Gasteiger partial charge in [-0.1, -0.05) is 15.9 Å². The van der Waals surface area contributed by atoms with Crippen molar-refractivity contribution in [3.63, 3.8) is 0 Å². The number of halogens is 1. The van der Waals surface area contributed by atoms with Crippen molar-refractivity contribution in [2.24, 2.45) is 0 Å². The van der Waals surface area contributed by atoms with Crippen LogP contribution < -0.4 is 5.32 Å². The zero-order chi connectivity index (χ0) is 13.1. The van der Waals surface area contributed by atoms with Gasteiger partial charge in [0.2, 0.25) is 5.91 Å². The van der Waals surface area contributed by atoms with Crippen LogP contribution in [-0.4, -0.2) is 27.8 Å². The van der Waals surface area contributed by atoms with Crippen LogP contribution in [0.3, 0.4) is 0 Å². The maximum atomic E-state index is 11.6. The molecule has 1 atom stereocenters. The van der Waals surface area contributed by atoms with Crippen molar-refractivity contribution in [2.75, 3.05) is 5.32 Å². The molecule has 1 unspecified atom stereocenters. The first kappa shape index (κ1) is 13.0. The second-order valence-corrected chi connectivity index (χ2v) is 5.52. The van der Waals surface area contributed by atoms with E-state index in [0.717, 1.165) is 12.8 Å². The van der Waals surface area contributed by atoms with Crippen molar-refractivity contribution in [3.05, 3.63) is 23.9 Å². The van der Waals surface area contributed by atoms with Crippen LogP contribution in [0.5, 0.6) is 0 Å². The van der Waals surface area contributed by atoms with Gasteiger partial charge in [0.15, 0.2) is 0 Å². The summed E-state index contributed by atoms with van der Waals surface area (Å²) in [4.78, 5) is 26.7. The van der Waals surface area contributed by atoms with Crippen LogP contribution in [-0.2, 0) is 9.53 Å². The summed E-state index contributed by atoms with van der Waals surface area (Å²) < 4.78 is 5.13. The third-order valence-corrected chi connectivity index (χ3v) is 2.83. The average Bonchev–Trinajstić information content (AvgIpc) is 3.13. The molecule has 0 aliphatic heterocycles. The number of ether oxygens (including phenoxy) is 1. The highest BCUT2D eigenvalue weighted by molar-refractivity contribution is 9.10. The lowest BCUT2D eigenvalue weighted by Crippen LogP contribution is -2.20. The van der Waals surface area contributed by atoms with Crippen LogP contribution in [0.15, 0.2) is 18.3 Å². The van der Waals surface area contributed by atoms with E-state index in [-0.39, 0.29) is 22.8 Å². The number of hydrogen-bond donors (Lipinski definition) is 1. The molecule has 5 nitrogen and oxygen atoms in total. The number of aromatic nitrogens is 1. The largest absolute Gasteiger partial charge is 0.459 e. The Kier molecular flexibility index (Phi) is 3.96. The number of esters is 1. The van der Waals surface area contributed by atoms with Gasteiger partial charge in [0.25, 0.3) is 0 Å². The van der Waals surface area contributed by atoms with Crippen molar-refractivity contribution in [3.8, 4) is 0 Å². The van der Waals surface area contributed by atoms with E-state index < -0.39 is 0 Å². The third kappa shape index (κ3) is 3.53. The number of rotatable bonds is 4. The summed E-state index contributed by atoms with van der Waals surface area (Å²) in [5.74, 6) is -0.137. The molecule has 0 radical (unpaired) electrons. The van der Waals surface area contributed by atoms with Gasteiger partial charge in [0.1, 0.15) is 11.9 Å². The second-order valence-electron chi connectivity index (χ2n) is 4.14. The molecule has 1 aliphatic rings. The second kappa shape index (κ2) is 5.48. The Bertz CT molecular complexity index is 455. The molecule has 1 heterocycles. The van der Waals surface area contributed by atoms with E-state index in [0.29, 0.717) is 11.4 Å². The lowest BCUT2D eigenvalue weighted by molar-refractivity contribution is -0.115. The SMILES string of the molecule is CC(Br)C(=O)Nc1ccc(C(=O)OC2CC2)cn1. The van der Waals surface area contributed by atoms with Gasteiger partial charge in [-0.05, 0) is 31.9 Å². The minimum Gasteiger partial charge on any atom is -0.459 e. The monoisotopic (exact) mass is 312 g/mol. The third-order valence-electron chi connectivity index (χ3n) is 2.41. The molecule has 0 aromatic carbocycles. The first-order valence-electron chi connectivity index (χ1n) is 5.68. The maximum absolute atomic E-state index is 11.6. The van der Waals surface area contributed by atoms with E-state index in [9.17, 15) is 9.59 Å². The van der Waals surface area contributed by atoms with Crippen LogP contribution >= 0.6 is 15.9 Å². The van der Waals surface area contributed by atoms with Crippen LogP contribution in [0.1, 0.15) is 30.1 Å². The lowest BCUT2D eigenvalue weighted by Gasteiger charge is -2.06. The molecule has 1 fully saturated rings. The summed E-state index contributed by atoms with van der Waals surface area (Å²) in [6.07, 6.45) is 3.36. The summed E-state index contributed by atoms with van der Waals surface area (Å²) in [7, 11) is 0. The van der Waals surface area contributed by atoms with Crippen molar-refractivity contribution in [1.82, 2.24) is 4.98 Å². The van der Waals surface area contributed by atoms with Gasteiger partial charge >= 0.3 is 5.97 Å². The van der Waals surface area contributed by atoms with E-state index in [4.69, 9.17) is 4.74 Å². The molecule has 0 saturated heterocycles. The number of pyridine rings is 1. The predicted molar refractivity (Wildman–Crippen MR) is 69.7 cm³/mol. The first-order valence-corrected chi connectivity index (χ1v) is 6.60. The topological polar surface area (TPSA) is 68.3 Å². The number of nitrogens with zero attached hydrogens (tertiary/aromatic N) is 1. The van der Waals surface area contributed by atoms with E-state index in [1.54, 1.807) is 19.1 Å². The summed E-state index contributed by atoms with van der Waals surface area (Å²) in [5.41, 5.74) is 0.395. The van der Waals surface area contributed by atoms with Crippen LogP contribution in [0.4, 0.5) is 5.82 Å². The standard InChI is InChI=1S/C12H13BrN2O3/c1-7(13)11(16)15-10-5-2-8(6-14-10)12(17)18-9-3-4-9/h2,5-7,9H,3-4H2,1H3,(H,14,15,16). The Morgan fingerprint density at radius 1 is 1.50 bits per heavy atom. The Morgan fingerprint density at radius 2 is 2.22 bits per heavy atom. The number of hydrogen-bond acceptors (Lipinski definition) is 4.